The zero-order chi connectivity index (χ0) is 23.3. The highest BCUT2D eigenvalue weighted by molar-refractivity contribution is 7.89. The van der Waals surface area contributed by atoms with Crippen molar-refractivity contribution in [1.82, 2.24) is 15.6 Å². The average Bonchev–Trinajstić information content (AvgIpc) is 2.86. The Kier molecular flexibility index (Phi) is 7.05. The lowest BCUT2D eigenvalue weighted by atomic mass is 9.82. The van der Waals surface area contributed by atoms with Crippen LogP contribution in [0.2, 0.25) is 0 Å². The van der Waals surface area contributed by atoms with Crippen molar-refractivity contribution in [3.8, 4) is 0 Å². The number of sulfonamides is 1. The van der Waals surface area contributed by atoms with Crippen LogP contribution in [0.25, 0.3) is 10.8 Å². The maximum Gasteiger partial charge on any atom is 0.269 e. The molecule has 0 spiro atoms. The number of carbonyl (C=O) groups excluding carboxylic acids is 2. The van der Waals surface area contributed by atoms with Gasteiger partial charge in [0.15, 0.2) is 0 Å². The zero-order valence-electron chi connectivity index (χ0n) is 18.2. The first-order valence-corrected chi connectivity index (χ1v) is 12.5. The van der Waals surface area contributed by atoms with Crippen molar-refractivity contribution in [3.63, 3.8) is 0 Å². The van der Waals surface area contributed by atoms with Gasteiger partial charge in [-0.2, -0.15) is 0 Å². The van der Waals surface area contributed by atoms with E-state index in [2.05, 4.69) is 15.6 Å². The number of hydrogen-bond donors (Lipinski definition) is 3. The molecule has 33 heavy (non-hydrogen) atoms. The van der Waals surface area contributed by atoms with E-state index in [9.17, 15) is 18.0 Å². The molecule has 7 nitrogen and oxygen atoms in total. The predicted molar refractivity (Wildman–Crippen MR) is 127 cm³/mol. The second-order valence-corrected chi connectivity index (χ2v) is 10.2. The zero-order valence-corrected chi connectivity index (χ0v) is 19.0. The average molecular weight is 466 g/mol. The Hall–Kier alpha value is -3.23. The minimum absolute atomic E-state index is 0.170. The van der Waals surface area contributed by atoms with Gasteiger partial charge in [0.05, 0.1) is 4.90 Å². The molecule has 2 amide bonds. The van der Waals surface area contributed by atoms with E-state index in [4.69, 9.17) is 0 Å². The first kappa shape index (κ1) is 22.9. The first-order valence-electron chi connectivity index (χ1n) is 11.1. The van der Waals surface area contributed by atoms with Crippen molar-refractivity contribution in [3.05, 3.63) is 78.4 Å². The van der Waals surface area contributed by atoms with Crippen LogP contribution in [0.5, 0.6) is 0 Å². The van der Waals surface area contributed by atoms with Gasteiger partial charge in [-0.05, 0) is 66.6 Å². The topological polar surface area (TPSA) is 104 Å². The molecule has 0 saturated heterocycles. The molecule has 1 aliphatic rings. The summed E-state index contributed by atoms with van der Waals surface area (Å²) in [5, 5.41) is 1.87. The van der Waals surface area contributed by atoms with Gasteiger partial charge in [0.2, 0.25) is 15.9 Å². The Morgan fingerprint density at radius 1 is 0.788 bits per heavy atom. The summed E-state index contributed by atoms with van der Waals surface area (Å²) in [6.45, 7) is 0.342. The molecule has 0 aromatic heterocycles. The second-order valence-electron chi connectivity index (χ2n) is 8.39. The quantitative estimate of drug-likeness (QED) is 0.486. The Morgan fingerprint density at radius 3 is 2.18 bits per heavy atom. The van der Waals surface area contributed by atoms with Crippen molar-refractivity contribution in [2.24, 2.45) is 11.8 Å². The largest absolute Gasteiger partial charge is 0.273 e. The molecule has 3 aromatic rings. The summed E-state index contributed by atoms with van der Waals surface area (Å²) in [6.07, 6.45) is 2.78. The number of hydrazine groups is 1. The van der Waals surface area contributed by atoms with Crippen molar-refractivity contribution < 1.29 is 18.0 Å². The van der Waals surface area contributed by atoms with Crippen molar-refractivity contribution >= 4 is 32.6 Å². The number of carbonyl (C=O) groups is 2. The van der Waals surface area contributed by atoms with E-state index in [0.717, 1.165) is 23.6 Å². The van der Waals surface area contributed by atoms with Crippen LogP contribution in [0.4, 0.5) is 0 Å². The van der Waals surface area contributed by atoms with Crippen LogP contribution in [-0.4, -0.2) is 26.8 Å². The maximum atomic E-state index is 12.7. The molecular weight excluding hydrogens is 438 g/mol. The van der Waals surface area contributed by atoms with Gasteiger partial charge in [0.25, 0.3) is 5.91 Å². The Balaban J connectivity index is 1.24. The number of rotatable bonds is 6. The van der Waals surface area contributed by atoms with Crippen LogP contribution in [0.1, 0.15) is 36.0 Å². The fraction of sp³-hybridized carbons (Fsp3) is 0.280. The number of benzene rings is 3. The monoisotopic (exact) mass is 465 g/mol. The fourth-order valence-electron chi connectivity index (χ4n) is 4.16. The van der Waals surface area contributed by atoms with Crippen LogP contribution in [0.3, 0.4) is 0 Å². The van der Waals surface area contributed by atoms with Gasteiger partial charge >= 0.3 is 0 Å². The van der Waals surface area contributed by atoms with E-state index in [1.165, 1.54) is 0 Å². The minimum atomic E-state index is -3.60. The Labute approximate surface area is 193 Å². The summed E-state index contributed by atoms with van der Waals surface area (Å²) in [5.74, 6) is -0.604. The van der Waals surface area contributed by atoms with E-state index in [1.54, 1.807) is 36.4 Å². The molecule has 0 radical (unpaired) electrons. The SMILES string of the molecule is O=C(NNC(=O)C1CCC(CNS(=O)(=O)c2ccc3ccccc3c2)CC1)c1ccccc1. The van der Waals surface area contributed by atoms with Gasteiger partial charge in [0, 0.05) is 18.0 Å². The summed E-state index contributed by atoms with van der Waals surface area (Å²) < 4.78 is 28.2. The highest BCUT2D eigenvalue weighted by atomic mass is 32.2. The fourth-order valence-corrected chi connectivity index (χ4v) is 5.31. The third-order valence-electron chi connectivity index (χ3n) is 6.15. The van der Waals surface area contributed by atoms with Crippen LogP contribution in [0.15, 0.2) is 77.7 Å². The lowest BCUT2D eigenvalue weighted by molar-refractivity contribution is -0.127. The first-order chi connectivity index (χ1) is 15.9. The molecule has 3 N–H and O–H groups in total. The summed E-state index contributed by atoms with van der Waals surface area (Å²) in [5.41, 5.74) is 5.43. The van der Waals surface area contributed by atoms with Crippen molar-refractivity contribution in [2.75, 3.05) is 6.54 Å². The second kappa shape index (κ2) is 10.1. The van der Waals surface area contributed by atoms with E-state index >= 15 is 0 Å². The smallest absolute Gasteiger partial charge is 0.269 e. The molecule has 0 unspecified atom stereocenters. The minimum Gasteiger partial charge on any atom is -0.273 e. The highest BCUT2D eigenvalue weighted by Gasteiger charge is 2.27. The summed E-state index contributed by atoms with van der Waals surface area (Å²) in [4.78, 5) is 24.7. The van der Waals surface area contributed by atoms with E-state index in [0.29, 0.717) is 24.9 Å². The van der Waals surface area contributed by atoms with Gasteiger partial charge in [-0.25, -0.2) is 13.1 Å². The van der Waals surface area contributed by atoms with E-state index in [1.807, 2.05) is 36.4 Å². The highest BCUT2D eigenvalue weighted by Crippen LogP contribution is 2.29. The van der Waals surface area contributed by atoms with E-state index < -0.39 is 10.0 Å². The van der Waals surface area contributed by atoms with Crippen LogP contribution >= 0.6 is 0 Å². The van der Waals surface area contributed by atoms with Crippen molar-refractivity contribution in [1.29, 1.82) is 0 Å². The number of amides is 2. The molecule has 3 aromatic carbocycles. The standard InChI is InChI=1S/C25H27N3O4S/c29-24(20-7-2-1-3-8-20)27-28-25(30)21-12-10-18(11-13-21)17-26-33(31,32)23-15-14-19-6-4-5-9-22(19)16-23/h1-9,14-16,18,21,26H,10-13,17H2,(H,27,29)(H,28,30). The predicted octanol–water partition coefficient (Wildman–Crippen LogP) is 3.39. The van der Waals surface area contributed by atoms with Gasteiger partial charge < -0.3 is 0 Å². The number of fused-ring (bicyclic) bond motifs is 1. The van der Waals surface area contributed by atoms with Gasteiger partial charge in [-0.15, -0.1) is 0 Å². The van der Waals surface area contributed by atoms with Gasteiger partial charge in [-0.1, -0.05) is 48.5 Å². The molecule has 0 heterocycles. The van der Waals surface area contributed by atoms with Crippen LogP contribution in [-0.2, 0) is 14.8 Å². The van der Waals surface area contributed by atoms with Gasteiger partial charge in [0.1, 0.15) is 0 Å². The number of hydrogen-bond acceptors (Lipinski definition) is 4. The lowest BCUT2D eigenvalue weighted by Gasteiger charge is -2.27. The summed E-state index contributed by atoms with van der Waals surface area (Å²) in [7, 11) is -3.60. The molecule has 1 saturated carbocycles. The van der Waals surface area contributed by atoms with Crippen LogP contribution < -0.4 is 15.6 Å². The molecule has 0 bridgehead atoms. The normalized spacial score (nSPS) is 18.5. The molecule has 0 atom stereocenters. The molecule has 4 rings (SSSR count). The van der Waals surface area contributed by atoms with Gasteiger partial charge in [-0.3, -0.25) is 20.4 Å². The Morgan fingerprint density at radius 2 is 1.45 bits per heavy atom. The summed E-state index contributed by atoms with van der Waals surface area (Å²) in [6, 6.07) is 21.4. The lowest BCUT2D eigenvalue weighted by Crippen LogP contribution is -2.45. The van der Waals surface area contributed by atoms with Crippen molar-refractivity contribution in [2.45, 2.75) is 30.6 Å². The third kappa shape index (κ3) is 5.77. The summed E-state index contributed by atoms with van der Waals surface area (Å²) >= 11 is 0. The molecule has 0 aliphatic heterocycles. The molecule has 1 fully saturated rings. The third-order valence-corrected chi connectivity index (χ3v) is 7.57. The van der Waals surface area contributed by atoms with E-state index in [-0.39, 0.29) is 28.5 Å². The Bertz CT molecular complexity index is 1240. The maximum absolute atomic E-state index is 12.7. The molecule has 172 valence electrons. The molecule has 1 aliphatic carbocycles. The number of nitrogens with one attached hydrogen (secondary N) is 3. The van der Waals surface area contributed by atoms with Crippen LogP contribution in [0, 0.1) is 11.8 Å². The molecular formula is C25H27N3O4S. The molecule has 8 heteroatoms.